The number of benzene rings is 2. The molecule has 19 heavy (non-hydrogen) atoms. The largest absolute Gasteiger partial charge is 0.454 e. The molecule has 1 atom stereocenters. The van der Waals surface area contributed by atoms with Crippen LogP contribution in [0.2, 0.25) is 5.02 Å². The van der Waals surface area contributed by atoms with Crippen molar-refractivity contribution in [3.05, 3.63) is 58.4 Å². The molecule has 0 aliphatic heterocycles. The van der Waals surface area contributed by atoms with Gasteiger partial charge in [-0.25, -0.2) is 4.39 Å². The number of ether oxygens (including phenoxy) is 1. The predicted octanol–water partition coefficient (Wildman–Crippen LogP) is 4.60. The van der Waals surface area contributed by atoms with E-state index in [0.717, 1.165) is 11.1 Å². The van der Waals surface area contributed by atoms with Crippen molar-refractivity contribution in [2.75, 3.05) is 0 Å². The highest BCUT2D eigenvalue weighted by Gasteiger charge is 2.10. The molecule has 0 spiro atoms. The van der Waals surface area contributed by atoms with E-state index in [9.17, 15) is 4.39 Å². The van der Waals surface area contributed by atoms with E-state index in [1.54, 1.807) is 31.2 Å². The minimum Gasteiger partial charge on any atom is -0.454 e. The van der Waals surface area contributed by atoms with E-state index < -0.39 is 5.82 Å². The van der Waals surface area contributed by atoms with Gasteiger partial charge in [-0.3, -0.25) is 0 Å². The lowest BCUT2D eigenvalue weighted by Crippen LogP contribution is -2.05. The standard InChI is InChI=1S/C15H15ClFNO/c1-9-3-5-12(16)8-15(9)19-14-6-4-11(10(2)18)7-13(14)17/h3-8,10H,18H2,1-2H3/t10-/m0/s1. The van der Waals surface area contributed by atoms with Crippen molar-refractivity contribution in [3.63, 3.8) is 0 Å². The summed E-state index contributed by atoms with van der Waals surface area (Å²) in [6.45, 7) is 3.68. The fourth-order valence-corrected chi connectivity index (χ4v) is 1.85. The summed E-state index contributed by atoms with van der Waals surface area (Å²) in [5.41, 5.74) is 7.32. The van der Waals surface area contributed by atoms with Gasteiger partial charge in [0, 0.05) is 11.1 Å². The van der Waals surface area contributed by atoms with Gasteiger partial charge in [-0.1, -0.05) is 23.7 Å². The Kier molecular flexibility index (Phi) is 4.08. The van der Waals surface area contributed by atoms with Crippen LogP contribution in [0.3, 0.4) is 0 Å². The van der Waals surface area contributed by atoms with Gasteiger partial charge < -0.3 is 10.5 Å². The maximum atomic E-state index is 13.9. The molecule has 2 aromatic rings. The maximum Gasteiger partial charge on any atom is 0.166 e. The molecule has 2 rings (SSSR count). The number of hydrogen-bond donors (Lipinski definition) is 1. The zero-order chi connectivity index (χ0) is 14.0. The fourth-order valence-electron chi connectivity index (χ4n) is 1.69. The average molecular weight is 280 g/mol. The Morgan fingerprint density at radius 2 is 1.89 bits per heavy atom. The molecule has 0 bridgehead atoms. The van der Waals surface area contributed by atoms with Crippen LogP contribution in [-0.2, 0) is 0 Å². The molecular weight excluding hydrogens is 265 g/mol. The Morgan fingerprint density at radius 3 is 2.53 bits per heavy atom. The molecule has 4 heteroatoms. The first-order valence-corrected chi connectivity index (χ1v) is 6.34. The number of rotatable bonds is 3. The summed E-state index contributed by atoms with van der Waals surface area (Å²) < 4.78 is 19.5. The van der Waals surface area contributed by atoms with Crippen LogP contribution in [0.15, 0.2) is 36.4 Å². The van der Waals surface area contributed by atoms with Crippen molar-refractivity contribution in [1.29, 1.82) is 0 Å². The normalized spacial score (nSPS) is 12.3. The van der Waals surface area contributed by atoms with Crippen LogP contribution in [0, 0.1) is 12.7 Å². The van der Waals surface area contributed by atoms with Crippen molar-refractivity contribution in [1.82, 2.24) is 0 Å². The second-order valence-electron chi connectivity index (χ2n) is 4.49. The Labute approximate surface area is 117 Å². The van der Waals surface area contributed by atoms with E-state index in [1.807, 2.05) is 13.0 Å². The highest BCUT2D eigenvalue weighted by molar-refractivity contribution is 6.30. The van der Waals surface area contributed by atoms with Gasteiger partial charge in [-0.2, -0.15) is 0 Å². The van der Waals surface area contributed by atoms with Crippen molar-refractivity contribution in [3.8, 4) is 11.5 Å². The van der Waals surface area contributed by atoms with E-state index in [4.69, 9.17) is 22.1 Å². The molecule has 0 aromatic heterocycles. The van der Waals surface area contributed by atoms with E-state index in [1.165, 1.54) is 6.07 Å². The molecule has 0 saturated heterocycles. The van der Waals surface area contributed by atoms with Gasteiger partial charge in [0.25, 0.3) is 0 Å². The molecule has 0 heterocycles. The van der Waals surface area contributed by atoms with Gasteiger partial charge >= 0.3 is 0 Å². The third-order valence-electron chi connectivity index (χ3n) is 2.85. The summed E-state index contributed by atoms with van der Waals surface area (Å²) in [6.07, 6.45) is 0. The van der Waals surface area contributed by atoms with Crippen molar-refractivity contribution >= 4 is 11.6 Å². The molecule has 0 aliphatic rings. The number of nitrogens with two attached hydrogens (primary N) is 1. The van der Waals surface area contributed by atoms with Crippen LogP contribution < -0.4 is 10.5 Å². The van der Waals surface area contributed by atoms with E-state index in [0.29, 0.717) is 10.8 Å². The monoisotopic (exact) mass is 279 g/mol. The van der Waals surface area contributed by atoms with Crippen LogP contribution in [0.25, 0.3) is 0 Å². The predicted molar refractivity (Wildman–Crippen MR) is 75.3 cm³/mol. The van der Waals surface area contributed by atoms with Gasteiger partial charge in [0.1, 0.15) is 5.75 Å². The number of aryl methyl sites for hydroxylation is 1. The molecule has 100 valence electrons. The molecule has 0 aliphatic carbocycles. The van der Waals surface area contributed by atoms with Gasteiger partial charge in [0.05, 0.1) is 0 Å². The first kappa shape index (κ1) is 13.8. The summed E-state index contributed by atoms with van der Waals surface area (Å²) in [5, 5.41) is 0.549. The molecule has 2 nitrogen and oxygen atoms in total. The quantitative estimate of drug-likeness (QED) is 0.891. The second-order valence-corrected chi connectivity index (χ2v) is 4.93. The Balaban J connectivity index is 2.31. The van der Waals surface area contributed by atoms with Crippen molar-refractivity contribution < 1.29 is 9.13 Å². The minimum atomic E-state index is -0.436. The Hall–Kier alpha value is -1.58. The highest BCUT2D eigenvalue weighted by Crippen LogP contribution is 2.30. The summed E-state index contributed by atoms with van der Waals surface area (Å²) in [4.78, 5) is 0. The zero-order valence-corrected chi connectivity index (χ0v) is 11.5. The van der Waals surface area contributed by atoms with Crippen LogP contribution >= 0.6 is 11.6 Å². The molecule has 0 saturated carbocycles. The van der Waals surface area contributed by atoms with Gasteiger partial charge in [0.15, 0.2) is 11.6 Å². The Morgan fingerprint density at radius 1 is 1.16 bits per heavy atom. The smallest absolute Gasteiger partial charge is 0.166 e. The van der Waals surface area contributed by atoms with Crippen LogP contribution in [0.5, 0.6) is 11.5 Å². The molecule has 0 radical (unpaired) electrons. The minimum absolute atomic E-state index is 0.162. The first-order chi connectivity index (χ1) is 8.97. The van der Waals surface area contributed by atoms with Gasteiger partial charge in [-0.15, -0.1) is 0 Å². The number of hydrogen-bond acceptors (Lipinski definition) is 2. The first-order valence-electron chi connectivity index (χ1n) is 5.96. The maximum absolute atomic E-state index is 13.9. The lowest BCUT2D eigenvalue weighted by Gasteiger charge is -2.12. The van der Waals surface area contributed by atoms with Crippen LogP contribution in [0.1, 0.15) is 24.1 Å². The van der Waals surface area contributed by atoms with Crippen LogP contribution in [-0.4, -0.2) is 0 Å². The van der Waals surface area contributed by atoms with Gasteiger partial charge in [-0.05, 0) is 49.2 Å². The molecular formula is C15H15ClFNO. The zero-order valence-electron chi connectivity index (χ0n) is 10.8. The second kappa shape index (κ2) is 5.59. The van der Waals surface area contributed by atoms with Crippen molar-refractivity contribution in [2.24, 2.45) is 5.73 Å². The Bertz CT molecular complexity index is 599. The SMILES string of the molecule is Cc1ccc(Cl)cc1Oc1ccc([C@H](C)N)cc1F. The lowest BCUT2D eigenvalue weighted by atomic mass is 10.1. The summed E-state index contributed by atoms with van der Waals surface area (Å²) in [5.74, 6) is 0.267. The molecule has 0 amide bonds. The summed E-state index contributed by atoms with van der Waals surface area (Å²) >= 11 is 5.90. The van der Waals surface area contributed by atoms with Crippen molar-refractivity contribution in [2.45, 2.75) is 19.9 Å². The third-order valence-corrected chi connectivity index (χ3v) is 3.09. The molecule has 0 unspecified atom stereocenters. The topological polar surface area (TPSA) is 35.2 Å². The van der Waals surface area contributed by atoms with Gasteiger partial charge in [0.2, 0.25) is 0 Å². The summed E-state index contributed by atoms with van der Waals surface area (Å²) in [6, 6.07) is 9.76. The lowest BCUT2D eigenvalue weighted by molar-refractivity contribution is 0.438. The van der Waals surface area contributed by atoms with E-state index >= 15 is 0 Å². The molecule has 0 fully saturated rings. The summed E-state index contributed by atoms with van der Waals surface area (Å²) in [7, 11) is 0. The van der Waals surface area contributed by atoms with E-state index in [-0.39, 0.29) is 11.8 Å². The third kappa shape index (κ3) is 3.25. The number of halogens is 2. The highest BCUT2D eigenvalue weighted by atomic mass is 35.5. The molecule has 2 N–H and O–H groups in total. The molecule has 2 aromatic carbocycles. The van der Waals surface area contributed by atoms with Crippen LogP contribution in [0.4, 0.5) is 4.39 Å². The average Bonchev–Trinajstić information content (AvgIpc) is 2.36. The van der Waals surface area contributed by atoms with E-state index in [2.05, 4.69) is 0 Å². The fraction of sp³-hybridized carbons (Fsp3) is 0.200.